The van der Waals surface area contributed by atoms with Gasteiger partial charge in [-0.1, -0.05) is 56.3 Å². The zero-order chi connectivity index (χ0) is 27.4. The van der Waals surface area contributed by atoms with Gasteiger partial charge in [0, 0.05) is 24.1 Å². The van der Waals surface area contributed by atoms with Gasteiger partial charge in [0.15, 0.2) is 5.60 Å². The topological polar surface area (TPSA) is 83.6 Å². The molecule has 2 aromatic carbocycles. The van der Waals surface area contributed by atoms with Crippen LogP contribution in [0, 0.1) is 0 Å². The number of halogens is 3. The number of benzene rings is 2. The van der Waals surface area contributed by atoms with E-state index < -0.39 is 11.8 Å². The van der Waals surface area contributed by atoms with Gasteiger partial charge < -0.3 is 15.7 Å². The first-order chi connectivity index (χ1) is 17.3. The number of nitrogens with zero attached hydrogens (tertiary/aromatic N) is 1. The van der Waals surface area contributed by atoms with Crippen molar-refractivity contribution in [2.45, 2.75) is 95.0 Å². The molecular formula is C29H37F3N2O3. The van der Waals surface area contributed by atoms with E-state index in [0.29, 0.717) is 25.3 Å². The first kappa shape index (κ1) is 28.7. The molecule has 2 amide bonds. The van der Waals surface area contributed by atoms with Crippen LogP contribution in [-0.2, 0) is 15.8 Å². The maximum atomic E-state index is 13.6. The number of rotatable bonds is 12. The molecule has 0 spiro atoms. The molecule has 1 aliphatic carbocycles. The van der Waals surface area contributed by atoms with Crippen molar-refractivity contribution in [3.63, 3.8) is 0 Å². The maximum absolute atomic E-state index is 13.6. The van der Waals surface area contributed by atoms with E-state index in [1.807, 2.05) is 42.2 Å². The van der Waals surface area contributed by atoms with Crippen molar-refractivity contribution in [1.82, 2.24) is 4.90 Å². The smallest absolute Gasteiger partial charge is 0.376 e. The molecular weight excluding hydrogens is 481 g/mol. The standard InChI is InChI=1S/C29H37F3N2O3/c1-4-23(16-18-27(2,19-17-25(33)35)21-8-6-5-7-9-21)34(24-14-15-24)26(36)20-10-12-22(13-11-20)28(3,37)29(30,31)32/h5-13,23-24,37H,4,14-19H2,1-3H3,(H2,33,35)/t23?,27-,28-/m0/s1. The predicted octanol–water partition coefficient (Wildman–Crippen LogP) is 5.84. The van der Waals surface area contributed by atoms with Crippen LogP contribution in [0.1, 0.15) is 87.2 Å². The molecule has 1 unspecified atom stereocenters. The van der Waals surface area contributed by atoms with Crippen LogP contribution in [0.25, 0.3) is 0 Å². The Morgan fingerprint density at radius 3 is 2.08 bits per heavy atom. The van der Waals surface area contributed by atoms with E-state index in [-0.39, 0.29) is 41.3 Å². The average Bonchev–Trinajstić information content (AvgIpc) is 3.70. The fourth-order valence-electron chi connectivity index (χ4n) is 4.91. The SMILES string of the molecule is CCC(CC[C@@](C)(CCC(N)=O)c1ccccc1)N(C(=O)c1ccc([C@](C)(O)C(F)(F)F)cc1)C1CC1. The molecule has 0 aliphatic heterocycles. The molecule has 3 N–H and O–H groups in total. The molecule has 1 fully saturated rings. The normalized spacial score (nSPS) is 17.9. The minimum Gasteiger partial charge on any atom is -0.376 e. The molecule has 0 bridgehead atoms. The predicted molar refractivity (Wildman–Crippen MR) is 137 cm³/mol. The second kappa shape index (κ2) is 11.3. The Bertz CT molecular complexity index is 1070. The summed E-state index contributed by atoms with van der Waals surface area (Å²) in [5.41, 5.74) is 3.26. The monoisotopic (exact) mass is 518 g/mol. The Kier molecular flexibility index (Phi) is 8.73. The fraction of sp³-hybridized carbons (Fsp3) is 0.517. The molecule has 0 radical (unpaired) electrons. The number of amides is 2. The summed E-state index contributed by atoms with van der Waals surface area (Å²) in [5.74, 6) is -0.567. The van der Waals surface area contributed by atoms with Crippen LogP contribution < -0.4 is 5.73 Å². The lowest BCUT2D eigenvalue weighted by Crippen LogP contribution is -2.43. The van der Waals surface area contributed by atoms with Crippen LogP contribution in [0.4, 0.5) is 13.2 Å². The van der Waals surface area contributed by atoms with Gasteiger partial charge in [-0.15, -0.1) is 0 Å². The van der Waals surface area contributed by atoms with E-state index in [1.165, 1.54) is 24.3 Å². The number of alkyl halides is 3. The summed E-state index contributed by atoms with van der Waals surface area (Å²) in [5, 5.41) is 9.95. The fourth-order valence-corrected chi connectivity index (χ4v) is 4.91. The highest BCUT2D eigenvalue weighted by molar-refractivity contribution is 5.95. The van der Waals surface area contributed by atoms with Crippen molar-refractivity contribution in [2.24, 2.45) is 5.73 Å². The van der Waals surface area contributed by atoms with Crippen LogP contribution >= 0.6 is 0 Å². The van der Waals surface area contributed by atoms with Gasteiger partial charge in [-0.05, 0) is 74.1 Å². The van der Waals surface area contributed by atoms with Gasteiger partial charge in [0.1, 0.15) is 0 Å². The molecule has 2 aromatic rings. The van der Waals surface area contributed by atoms with Crippen LogP contribution in [0.15, 0.2) is 54.6 Å². The van der Waals surface area contributed by atoms with Gasteiger partial charge in [-0.25, -0.2) is 0 Å². The molecule has 0 aromatic heterocycles. The number of carbonyl (C=O) groups excluding carboxylic acids is 2. The summed E-state index contributed by atoms with van der Waals surface area (Å²) < 4.78 is 39.7. The summed E-state index contributed by atoms with van der Waals surface area (Å²) >= 11 is 0. The van der Waals surface area contributed by atoms with E-state index in [4.69, 9.17) is 5.73 Å². The van der Waals surface area contributed by atoms with Crippen molar-refractivity contribution in [1.29, 1.82) is 0 Å². The van der Waals surface area contributed by atoms with Crippen molar-refractivity contribution in [3.05, 3.63) is 71.3 Å². The lowest BCUT2D eigenvalue weighted by molar-refractivity contribution is -0.258. The van der Waals surface area contributed by atoms with Crippen LogP contribution in [0.2, 0.25) is 0 Å². The van der Waals surface area contributed by atoms with Gasteiger partial charge in [0.2, 0.25) is 5.91 Å². The zero-order valence-electron chi connectivity index (χ0n) is 21.7. The van der Waals surface area contributed by atoms with E-state index in [0.717, 1.165) is 31.2 Å². The largest absolute Gasteiger partial charge is 0.421 e. The zero-order valence-corrected chi connectivity index (χ0v) is 21.7. The average molecular weight is 519 g/mol. The highest BCUT2D eigenvalue weighted by Crippen LogP contribution is 2.40. The Morgan fingerprint density at radius 2 is 1.59 bits per heavy atom. The molecule has 3 rings (SSSR count). The maximum Gasteiger partial charge on any atom is 0.421 e. The Labute approximate surface area is 216 Å². The summed E-state index contributed by atoms with van der Waals surface area (Å²) in [6.07, 6.45) is -0.00419. The van der Waals surface area contributed by atoms with Crippen LogP contribution in [-0.4, -0.2) is 40.1 Å². The first-order valence-electron chi connectivity index (χ1n) is 12.9. The van der Waals surface area contributed by atoms with Gasteiger partial charge in [-0.3, -0.25) is 9.59 Å². The number of carbonyl (C=O) groups is 2. The Balaban J connectivity index is 1.80. The number of hydrogen-bond donors (Lipinski definition) is 2. The quantitative estimate of drug-likeness (QED) is 0.370. The summed E-state index contributed by atoms with van der Waals surface area (Å²) in [4.78, 5) is 27.0. The van der Waals surface area contributed by atoms with Crippen molar-refractivity contribution < 1.29 is 27.9 Å². The molecule has 5 nitrogen and oxygen atoms in total. The lowest BCUT2D eigenvalue weighted by atomic mass is 9.74. The number of hydrogen-bond acceptors (Lipinski definition) is 3. The van der Waals surface area contributed by atoms with Gasteiger partial charge >= 0.3 is 6.18 Å². The molecule has 37 heavy (non-hydrogen) atoms. The Morgan fingerprint density at radius 1 is 1.00 bits per heavy atom. The summed E-state index contributed by atoms with van der Waals surface area (Å²) in [6, 6.07) is 15.1. The third-order valence-electron chi connectivity index (χ3n) is 7.71. The molecule has 202 valence electrons. The molecule has 1 aliphatic rings. The molecule has 0 heterocycles. The lowest BCUT2D eigenvalue weighted by Gasteiger charge is -2.36. The van der Waals surface area contributed by atoms with E-state index in [2.05, 4.69) is 6.92 Å². The number of aliphatic hydroxyl groups is 1. The third-order valence-corrected chi connectivity index (χ3v) is 7.71. The van der Waals surface area contributed by atoms with Crippen LogP contribution in [0.3, 0.4) is 0 Å². The number of nitrogens with two attached hydrogens (primary N) is 1. The van der Waals surface area contributed by atoms with E-state index in [1.54, 1.807) is 0 Å². The molecule has 1 saturated carbocycles. The van der Waals surface area contributed by atoms with Gasteiger partial charge in [0.05, 0.1) is 0 Å². The third kappa shape index (κ3) is 6.72. The van der Waals surface area contributed by atoms with E-state index >= 15 is 0 Å². The van der Waals surface area contributed by atoms with Gasteiger partial charge in [0.25, 0.3) is 5.91 Å². The second-order valence-corrected chi connectivity index (χ2v) is 10.6. The minimum absolute atomic E-state index is 0.0606. The highest BCUT2D eigenvalue weighted by Gasteiger charge is 2.51. The molecule has 3 atom stereocenters. The summed E-state index contributed by atoms with van der Waals surface area (Å²) in [6.45, 7) is 4.85. The molecule has 8 heteroatoms. The number of primary amides is 1. The highest BCUT2D eigenvalue weighted by atomic mass is 19.4. The van der Waals surface area contributed by atoms with Gasteiger partial charge in [-0.2, -0.15) is 13.2 Å². The second-order valence-electron chi connectivity index (χ2n) is 10.6. The van der Waals surface area contributed by atoms with E-state index in [9.17, 15) is 27.9 Å². The van der Waals surface area contributed by atoms with Crippen molar-refractivity contribution in [2.75, 3.05) is 0 Å². The molecule has 0 saturated heterocycles. The summed E-state index contributed by atoms with van der Waals surface area (Å²) in [7, 11) is 0. The minimum atomic E-state index is -4.83. The Hall–Kier alpha value is -2.87. The van der Waals surface area contributed by atoms with Crippen molar-refractivity contribution in [3.8, 4) is 0 Å². The van der Waals surface area contributed by atoms with Crippen LogP contribution in [0.5, 0.6) is 0 Å². The first-order valence-corrected chi connectivity index (χ1v) is 12.9. The van der Waals surface area contributed by atoms with Crippen molar-refractivity contribution >= 4 is 11.8 Å².